The summed E-state index contributed by atoms with van der Waals surface area (Å²) in [7, 11) is -3.52. The van der Waals surface area contributed by atoms with Crippen molar-refractivity contribution in [3.8, 4) is 0 Å². The summed E-state index contributed by atoms with van der Waals surface area (Å²) in [5.74, 6) is 1.20. The second kappa shape index (κ2) is 6.29. The van der Waals surface area contributed by atoms with E-state index in [0.29, 0.717) is 29.4 Å². The number of aromatic nitrogens is 1. The van der Waals surface area contributed by atoms with E-state index in [1.54, 1.807) is 6.08 Å². The molecular formula is C17H20N2O3S. The molecule has 0 radical (unpaired) electrons. The van der Waals surface area contributed by atoms with Crippen LogP contribution in [0.25, 0.3) is 6.08 Å². The summed E-state index contributed by atoms with van der Waals surface area (Å²) >= 11 is 0. The van der Waals surface area contributed by atoms with E-state index in [4.69, 9.17) is 4.42 Å². The summed E-state index contributed by atoms with van der Waals surface area (Å²) in [6.45, 7) is 3.89. The van der Waals surface area contributed by atoms with E-state index in [-0.39, 0.29) is 6.54 Å². The fourth-order valence-corrected chi connectivity index (χ4v) is 3.83. The lowest BCUT2D eigenvalue weighted by Gasteiger charge is -2.16. The number of rotatable bonds is 5. The molecule has 1 N–H and O–H groups in total. The predicted molar refractivity (Wildman–Crippen MR) is 89.1 cm³/mol. The normalized spacial score (nSPS) is 14.4. The van der Waals surface area contributed by atoms with E-state index in [1.165, 1.54) is 5.56 Å². The minimum absolute atomic E-state index is 0.125. The zero-order valence-corrected chi connectivity index (χ0v) is 14.1. The molecule has 0 bridgehead atoms. The summed E-state index contributed by atoms with van der Waals surface area (Å²) in [4.78, 5) is 4.68. The van der Waals surface area contributed by atoms with E-state index in [2.05, 4.69) is 9.71 Å². The molecule has 0 amide bonds. The van der Waals surface area contributed by atoms with Gasteiger partial charge in [-0.25, -0.2) is 18.1 Å². The van der Waals surface area contributed by atoms with Gasteiger partial charge in [-0.3, -0.25) is 0 Å². The molecule has 5 nitrogen and oxygen atoms in total. The minimum atomic E-state index is -3.52. The van der Waals surface area contributed by atoms with Gasteiger partial charge in [0.05, 0.1) is 17.1 Å². The molecule has 23 heavy (non-hydrogen) atoms. The van der Waals surface area contributed by atoms with E-state index in [9.17, 15) is 8.42 Å². The predicted octanol–water partition coefficient (Wildman–Crippen LogP) is 2.95. The van der Waals surface area contributed by atoms with Crippen LogP contribution < -0.4 is 4.72 Å². The number of nitrogens with one attached hydrogen (secondary N) is 1. The largest absolute Gasteiger partial charge is 0.444 e. The highest BCUT2D eigenvalue weighted by Crippen LogP contribution is 2.26. The molecule has 0 unspecified atom stereocenters. The maximum atomic E-state index is 12.5. The zero-order chi connectivity index (χ0) is 16.4. The van der Waals surface area contributed by atoms with Crippen LogP contribution in [0.3, 0.4) is 0 Å². The number of nitrogens with zero attached hydrogens (tertiary/aromatic N) is 1. The lowest BCUT2D eigenvalue weighted by molar-refractivity contribution is 0.453. The Morgan fingerprint density at radius 1 is 1.26 bits per heavy atom. The van der Waals surface area contributed by atoms with Crippen molar-refractivity contribution in [2.75, 3.05) is 0 Å². The van der Waals surface area contributed by atoms with E-state index in [0.717, 1.165) is 17.7 Å². The molecule has 1 heterocycles. The number of aryl methyl sites for hydroxylation is 3. The molecule has 1 aromatic heterocycles. The van der Waals surface area contributed by atoms with Crippen LogP contribution in [0.5, 0.6) is 0 Å². The Bertz CT molecular complexity index is 850. The van der Waals surface area contributed by atoms with Crippen molar-refractivity contribution in [3.63, 3.8) is 0 Å². The van der Waals surface area contributed by atoms with Crippen LogP contribution in [0.1, 0.15) is 41.8 Å². The summed E-state index contributed by atoms with van der Waals surface area (Å²) in [6, 6.07) is 7.87. The molecule has 6 heteroatoms. The minimum Gasteiger partial charge on any atom is -0.444 e. The number of sulfonamides is 1. The quantitative estimate of drug-likeness (QED) is 0.914. The molecule has 0 fully saturated rings. The van der Waals surface area contributed by atoms with Gasteiger partial charge in [-0.1, -0.05) is 31.2 Å². The Hall–Kier alpha value is -1.92. The topological polar surface area (TPSA) is 72.2 Å². The lowest BCUT2D eigenvalue weighted by atomic mass is 9.98. The molecule has 0 saturated heterocycles. The Morgan fingerprint density at radius 3 is 2.78 bits per heavy atom. The van der Waals surface area contributed by atoms with Crippen molar-refractivity contribution >= 4 is 16.1 Å². The molecule has 0 aliphatic heterocycles. The Morgan fingerprint density at radius 2 is 2.04 bits per heavy atom. The highest BCUT2D eigenvalue weighted by atomic mass is 32.2. The van der Waals surface area contributed by atoms with Gasteiger partial charge in [0.25, 0.3) is 0 Å². The van der Waals surface area contributed by atoms with Crippen molar-refractivity contribution < 1.29 is 12.8 Å². The van der Waals surface area contributed by atoms with Gasteiger partial charge in [0.2, 0.25) is 10.0 Å². The van der Waals surface area contributed by atoms with E-state index in [1.807, 2.05) is 38.1 Å². The monoisotopic (exact) mass is 332 g/mol. The van der Waals surface area contributed by atoms with Gasteiger partial charge in [-0.2, -0.15) is 0 Å². The Balaban J connectivity index is 1.77. The molecule has 3 rings (SSSR count). The van der Waals surface area contributed by atoms with Crippen molar-refractivity contribution in [1.82, 2.24) is 9.71 Å². The van der Waals surface area contributed by atoms with Crippen LogP contribution >= 0.6 is 0 Å². The van der Waals surface area contributed by atoms with Gasteiger partial charge in [0.15, 0.2) is 5.89 Å². The van der Waals surface area contributed by atoms with Gasteiger partial charge >= 0.3 is 0 Å². The second-order valence-electron chi connectivity index (χ2n) is 5.60. The summed E-state index contributed by atoms with van der Waals surface area (Å²) in [5, 5.41) is 0. The SMILES string of the molecule is CCc1nc(C)c(CNS(=O)(=O)C2=Cc3ccccc3CC2)o1. The molecule has 1 aliphatic carbocycles. The molecule has 0 atom stereocenters. The number of hydrogen-bond donors (Lipinski definition) is 1. The van der Waals surface area contributed by atoms with Crippen molar-refractivity contribution in [2.45, 2.75) is 39.7 Å². The highest BCUT2D eigenvalue weighted by Gasteiger charge is 2.22. The summed E-state index contributed by atoms with van der Waals surface area (Å²) in [6.07, 6.45) is 3.70. The third-order valence-electron chi connectivity index (χ3n) is 4.02. The lowest BCUT2D eigenvalue weighted by Crippen LogP contribution is -2.25. The maximum Gasteiger partial charge on any atom is 0.237 e. The molecule has 0 saturated carbocycles. The van der Waals surface area contributed by atoms with Crippen LogP contribution in [-0.2, 0) is 29.4 Å². The number of allylic oxidation sites excluding steroid dienone is 1. The van der Waals surface area contributed by atoms with Gasteiger partial charge in [-0.05, 0) is 37.0 Å². The maximum absolute atomic E-state index is 12.5. The van der Waals surface area contributed by atoms with Crippen LogP contribution in [0.4, 0.5) is 0 Å². The third-order valence-corrected chi connectivity index (χ3v) is 5.56. The number of oxazole rings is 1. The summed E-state index contributed by atoms with van der Waals surface area (Å²) in [5.41, 5.74) is 2.89. The fourth-order valence-electron chi connectivity index (χ4n) is 2.67. The third kappa shape index (κ3) is 3.38. The average molecular weight is 332 g/mol. The fraction of sp³-hybridized carbons (Fsp3) is 0.353. The molecule has 0 spiro atoms. The molecular weight excluding hydrogens is 312 g/mol. The van der Waals surface area contributed by atoms with Crippen LogP contribution in [-0.4, -0.2) is 13.4 Å². The highest BCUT2D eigenvalue weighted by molar-refractivity contribution is 7.93. The second-order valence-corrected chi connectivity index (χ2v) is 7.42. The molecule has 1 aliphatic rings. The van der Waals surface area contributed by atoms with Gasteiger partial charge in [0, 0.05) is 6.42 Å². The van der Waals surface area contributed by atoms with Crippen molar-refractivity contribution in [1.29, 1.82) is 0 Å². The van der Waals surface area contributed by atoms with Crippen LogP contribution in [0, 0.1) is 6.92 Å². The zero-order valence-electron chi connectivity index (χ0n) is 13.3. The van der Waals surface area contributed by atoms with Gasteiger partial charge in [-0.15, -0.1) is 0 Å². The Labute approximate surface area is 136 Å². The first kappa shape index (κ1) is 16.0. The van der Waals surface area contributed by atoms with E-state index < -0.39 is 10.0 Å². The number of hydrogen-bond acceptors (Lipinski definition) is 4. The molecule has 2 aromatic rings. The van der Waals surface area contributed by atoms with Crippen LogP contribution in [0.15, 0.2) is 33.6 Å². The Kier molecular flexibility index (Phi) is 4.37. The van der Waals surface area contributed by atoms with Gasteiger partial charge in [0.1, 0.15) is 5.76 Å². The smallest absolute Gasteiger partial charge is 0.237 e. The van der Waals surface area contributed by atoms with Crippen molar-refractivity contribution in [2.24, 2.45) is 0 Å². The van der Waals surface area contributed by atoms with Gasteiger partial charge < -0.3 is 4.42 Å². The number of benzene rings is 1. The van der Waals surface area contributed by atoms with E-state index >= 15 is 0 Å². The molecule has 1 aromatic carbocycles. The first-order chi connectivity index (χ1) is 11.0. The standard InChI is InChI=1S/C17H20N2O3S/c1-3-17-19-12(2)16(22-17)11-18-23(20,21)15-9-8-13-6-4-5-7-14(13)10-15/h4-7,10,18H,3,8-9,11H2,1-2H3. The first-order valence-corrected chi connectivity index (χ1v) is 9.21. The summed E-state index contributed by atoms with van der Waals surface area (Å²) < 4.78 is 33.2. The molecule has 122 valence electrons. The average Bonchev–Trinajstić information content (AvgIpc) is 2.93. The first-order valence-electron chi connectivity index (χ1n) is 7.73. The van der Waals surface area contributed by atoms with Crippen molar-refractivity contribution in [3.05, 3.63) is 57.6 Å². The number of fused-ring (bicyclic) bond motifs is 1. The van der Waals surface area contributed by atoms with Crippen LogP contribution in [0.2, 0.25) is 0 Å².